The fraction of sp³-hybridized carbons (Fsp3) is 0.407. The van der Waals surface area contributed by atoms with Crippen molar-refractivity contribution in [3.8, 4) is 17.6 Å². The normalized spacial score (nSPS) is 13.1. The van der Waals surface area contributed by atoms with Crippen LogP contribution in [-0.2, 0) is 18.5 Å². The molecule has 8 nitrogen and oxygen atoms in total. The first kappa shape index (κ1) is 25.2. The Balaban J connectivity index is 1.68. The lowest BCUT2D eigenvalue weighted by molar-refractivity contribution is 0.0962. The molecule has 0 saturated carbocycles. The van der Waals surface area contributed by atoms with Crippen LogP contribution in [0.15, 0.2) is 24.5 Å². The van der Waals surface area contributed by atoms with Gasteiger partial charge >= 0.3 is 0 Å². The van der Waals surface area contributed by atoms with E-state index in [4.69, 9.17) is 14.9 Å². The smallest absolute Gasteiger partial charge is 0.197 e. The highest BCUT2D eigenvalue weighted by molar-refractivity contribution is 6.07. The van der Waals surface area contributed by atoms with E-state index in [-0.39, 0.29) is 54.6 Å². The number of Topliss-reactive ketones (excluding diaryl/α,β-unsaturated/α-hetero) is 1. The van der Waals surface area contributed by atoms with Gasteiger partial charge in [0.1, 0.15) is 12.4 Å². The molecule has 3 aromatic rings. The molecular weight excluding hydrogens is 461 g/mol. The van der Waals surface area contributed by atoms with Crippen LogP contribution in [0.2, 0.25) is 0 Å². The second kappa shape index (κ2) is 9.61. The number of ether oxygens (including phenoxy) is 2. The fourth-order valence-corrected chi connectivity index (χ4v) is 4.52. The van der Waals surface area contributed by atoms with E-state index in [1.165, 1.54) is 0 Å². The number of nitrogens with zero attached hydrogens (tertiary/aromatic N) is 4. The maximum Gasteiger partial charge on any atom is 0.197 e. The molecule has 0 radical (unpaired) electrons. The second-order valence-corrected chi connectivity index (χ2v) is 9.72. The molecule has 0 spiro atoms. The number of benzene rings is 2. The first-order valence-electron chi connectivity index (χ1n) is 11.9. The van der Waals surface area contributed by atoms with Gasteiger partial charge in [0, 0.05) is 12.1 Å². The van der Waals surface area contributed by atoms with E-state index < -0.39 is 5.82 Å². The van der Waals surface area contributed by atoms with Crippen molar-refractivity contribution >= 4 is 22.7 Å². The van der Waals surface area contributed by atoms with Crippen LogP contribution in [0.4, 0.5) is 4.39 Å². The summed E-state index contributed by atoms with van der Waals surface area (Å²) in [6.45, 7) is 10.5. The molecule has 1 N–H and O–H groups in total. The third kappa shape index (κ3) is 4.39. The Morgan fingerprint density at radius 1 is 1.22 bits per heavy atom. The number of rotatable bonds is 8. The van der Waals surface area contributed by atoms with Crippen LogP contribution < -0.4 is 9.47 Å². The van der Waals surface area contributed by atoms with E-state index in [0.29, 0.717) is 29.0 Å². The Morgan fingerprint density at radius 3 is 2.58 bits per heavy atom. The topological polar surface area (TPSA) is 104 Å². The third-order valence-corrected chi connectivity index (χ3v) is 6.20. The number of nitriles is 1. The zero-order valence-electron chi connectivity index (χ0n) is 21.2. The van der Waals surface area contributed by atoms with Gasteiger partial charge in [-0.1, -0.05) is 20.8 Å². The number of carbonyl (C=O) groups is 1. The number of aromatic nitrogens is 2. The minimum absolute atomic E-state index is 0.0120. The van der Waals surface area contributed by atoms with Crippen molar-refractivity contribution in [3.63, 3.8) is 0 Å². The van der Waals surface area contributed by atoms with Crippen molar-refractivity contribution in [2.45, 2.75) is 53.1 Å². The largest absolute Gasteiger partial charge is 0.490 e. The molecule has 0 fully saturated rings. The molecule has 1 aromatic heterocycles. The number of carbonyl (C=O) groups excluding carboxylic acids is 1. The quantitative estimate of drug-likeness (QED) is 0.453. The molecule has 0 saturated heterocycles. The lowest BCUT2D eigenvalue weighted by Gasteiger charge is -2.22. The molecule has 0 amide bonds. The molecule has 0 bridgehead atoms. The zero-order valence-corrected chi connectivity index (χ0v) is 21.2. The average Bonchev–Trinajstić information content (AvgIpc) is 3.36. The molecule has 0 atom stereocenters. The SMILES string of the molecule is CCOc1cc2c(c(F)c1OCC)C(=N)N(CC(=O)c1cc(C(C)(C)C)c3ncn(CC#N)c3c1)C2. The maximum atomic E-state index is 15.4. The van der Waals surface area contributed by atoms with Gasteiger partial charge in [0.05, 0.1) is 48.8 Å². The molecule has 2 heterocycles. The minimum Gasteiger partial charge on any atom is -0.490 e. The zero-order chi connectivity index (χ0) is 26.2. The first-order valence-corrected chi connectivity index (χ1v) is 11.9. The molecule has 188 valence electrons. The molecular formula is C27H30FN5O3. The summed E-state index contributed by atoms with van der Waals surface area (Å²) in [5.41, 5.74) is 3.24. The maximum absolute atomic E-state index is 15.4. The number of amidine groups is 1. The minimum atomic E-state index is -0.644. The molecule has 1 aliphatic heterocycles. The Labute approximate surface area is 209 Å². The monoisotopic (exact) mass is 491 g/mol. The highest BCUT2D eigenvalue weighted by Gasteiger charge is 2.33. The van der Waals surface area contributed by atoms with Crippen molar-refractivity contribution in [2.24, 2.45) is 0 Å². The highest BCUT2D eigenvalue weighted by atomic mass is 19.1. The molecule has 2 aromatic carbocycles. The van der Waals surface area contributed by atoms with Crippen LogP contribution in [0, 0.1) is 22.6 Å². The number of hydrogen-bond donors (Lipinski definition) is 1. The molecule has 0 unspecified atom stereocenters. The van der Waals surface area contributed by atoms with Gasteiger partial charge in [0.25, 0.3) is 0 Å². The van der Waals surface area contributed by atoms with Crippen LogP contribution in [0.3, 0.4) is 0 Å². The fourth-order valence-electron chi connectivity index (χ4n) is 4.52. The Hall–Kier alpha value is -3.93. The molecule has 4 rings (SSSR count). The Kier molecular flexibility index (Phi) is 6.72. The van der Waals surface area contributed by atoms with Gasteiger partial charge in [-0.05, 0) is 48.6 Å². The summed E-state index contributed by atoms with van der Waals surface area (Å²) in [4.78, 5) is 19.5. The number of halogens is 1. The van der Waals surface area contributed by atoms with Gasteiger partial charge in [-0.3, -0.25) is 10.2 Å². The lowest BCUT2D eigenvalue weighted by Crippen LogP contribution is -2.30. The number of ketones is 1. The summed E-state index contributed by atoms with van der Waals surface area (Å²) in [5, 5.41) is 17.8. The van der Waals surface area contributed by atoms with Crippen molar-refractivity contribution in [1.29, 1.82) is 10.7 Å². The predicted octanol–water partition coefficient (Wildman–Crippen LogP) is 4.82. The van der Waals surface area contributed by atoms with Crippen LogP contribution in [0.25, 0.3) is 11.0 Å². The van der Waals surface area contributed by atoms with Crippen LogP contribution >= 0.6 is 0 Å². The van der Waals surface area contributed by atoms with Gasteiger partial charge in [-0.15, -0.1) is 0 Å². The van der Waals surface area contributed by atoms with Crippen LogP contribution in [0.5, 0.6) is 11.5 Å². The highest BCUT2D eigenvalue weighted by Crippen LogP contribution is 2.39. The summed E-state index contributed by atoms with van der Waals surface area (Å²) < 4.78 is 28.1. The van der Waals surface area contributed by atoms with Crippen LogP contribution in [-0.4, -0.2) is 45.8 Å². The van der Waals surface area contributed by atoms with E-state index in [1.54, 1.807) is 41.8 Å². The summed E-state index contributed by atoms with van der Waals surface area (Å²) in [5.74, 6) is -0.633. The summed E-state index contributed by atoms with van der Waals surface area (Å²) in [6.07, 6.45) is 1.61. The predicted molar refractivity (Wildman–Crippen MR) is 134 cm³/mol. The number of nitrogens with one attached hydrogen (secondary N) is 1. The number of imidazole rings is 1. The van der Waals surface area contributed by atoms with Crippen molar-refractivity contribution in [2.75, 3.05) is 19.8 Å². The lowest BCUT2D eigenvalue weighted by atomic mass is 9.84. The standard InChI is InChI=1S/C27H30FN5O3/c1-6-35-21-12-17-13-33(26(30)22(17)23(28)25(21)36-7-2)14-20(34)16-10-18(27(3,4)5)24-19(11-16)32(9-8-29)15-31-24/h10-12,15,30H,6-7,9,13-14H2,1-5H3. The van der Waals surface area contributed by atoms with Crippen LogP contribution in [0.1, 0.15) is 61.7 Å². The van der Waals surface area contributed by atoms with Gasteiger partial charge in [0.15, 0.2) is 23.1 Å². The number of fused-ring (bicyclic) bond motifs is 2. The first-order chi connectivity index (χ1) is 17.1. The average molecular weight is 492 g/mol. The van der Waals surface area contributed by atoms with E-state index in [2.05, 4.69) is 11.1 Å². The Morgan fingerprint density at radius 2 is 1.94 bits per heavy atom. The summed E-state index contributed by atoms with van der Waals surface area (Å²) in [6, 6.07) is 7.39. The van der Waals surface area contributed by atoms with E-state index >= 15 is 4.39 Å². The van der Waals surface area contributed by atoms with Gasteiger partial charge < -0.3 is 18.9 Å². The van der Waals surface area contributed by atoms with Gasteiger partial charge in [0.2, 0.25) is 0 Å². The van der Waals surface area contributed by atoms with E-state index in [9.17, 15) is 10.1 Å². The molecule has 36 heavy (non-hydrogen) atoms. The van der Waals surface area contributed by atoms with Gasteiger partial charge in [-0.2, -0.15) is 5.26 Å². The molecule has 0 aliphatic carbocycles. The number of hydrogen-bond acceptors (Lipinski definition) is 6. The molecule has 1 aliphatic rings. The van der Waals surface area contributed by atoms with Crippen molar-refractivity contribution < 1.29 is 18.7 Å². The molecule has 9 heteroatoms. The van der Waals surface area contributed by atoms with Crippen molar-refractivity contribution in [1.82, 2.24) is 14.5 Å². The third-order valence-electron chi connectivity index (χ3n) is 6.20. The van der Waals surface area contributed by atoms with E-state index in [0.717, 1.165) is 11.1 Å². The van der Waals surface area contributed by atoms with Crippen molar-refractivity contribution in [3.05, 3.63) is 52.6 Å². The van der Waals surface area contributed by atoms with E-state index in [1.807, 2.05) is 26.8 Å². The summed E-state index contributed by atoms with van der Waals surface area (Å²) >= 11 is 0. The Bertz CT molecular complexity index is 1400. The second-order valence-electron chi connectivity index (χ2n) is 9.72. The summed E-state index contributed by atoms with van der Waals surface area (Å²) in [7, 11) is 0. The van der Waals surface area contributed by atoms with Gasteiger partial charge in [-0.25, -0.2) is 9.37 Å².